The van der Waals surface area contributed by atoms with E-state index in [1.165, 1.54) is 67.8 Å². The van der Waals surface area contributed by atoms with Gasteiger partial charge in [-0.05, 0) is 28.4 Å². The molecule has 0 amide bonds. The first-order valence-corrected chi connectivity index (χ1v) is 23.8. The minimum absolute atomic E-state index is 0.210. The van der Waals surface area contributed by atoms with Gasteiger partial charge in [0.2, 0.25) is 0 Å². The van der Waals surface area contributed by atoms with Crippen LogP contribution in [0.2, 0.25) is 13.1 Å². The predicted octanol–water partition coefficient (Wildman–Crippen LogP) is 13.6. The van der Waals surface area contributed by atoms with Crippen LogP contribution in [0.1, 0.15) is 95.4 Å². The molecule has 2 unspecified atom stereocenters. The van der Waals surface area contributed by atoms with Gasteiger partial charge in [-0.15, -0.1) is 69.1 Å². The topological polar surface area (TPSA) is 0 Å². The SMILES string of the molecule is CCC(C)c1cc2c(C(C)CC)cccc2[cH-]1.C[Si]C.Cc1cc2c(-c3ccc(C(C)(C)C)cc3)cccc2[cH-]1.[Cl][Zr+2][Cl]. The van der Waals surface area contributed by atoms with E-state index in [1.807, 2.05) is 0 Å². The van der Waals surface area contributed by atoms with Crippen molar-refractivity contribution in [3.8, 4) is 11.1 Å². The fourth-order valence-corrected chi connectivity index (χ4v) is 5.24. The molecule has 0 aliphatic rings. The number of fused-ring (bicyclic) bond motifs is 2. The summed E-state index contributed by atoms with van der Waals surface area (Å²) in [6.45, 7) is 22.4. The third-order valence-corrected chi connectivity index (χ3v) is 8.09. The van der Waals surface area contributed by atoms with Crippen LogP contribution in [0.15, 0.2) is 84.9 Å². The Hall–Kier alpha value is -1.44. The van der Waals surface area contributed by atoms with E-state index in [9.17, 15) is 0 Å². The molecule has 5 aromatic rings. The van der Waals surface area contributed by atoms with E-state index in [0.717, 1.165) is 9.52 Å². The van der Waals surface area contributed by atoms with Gasteiger partial charge < -0.3 is 0 Å². The molecule has 0 N–H and O–H groups in total. The Bertz CT molecular complexity index is 1500. The molecule has 43 heavy (non-hydrogen) atoms. The van der Waals surface area contributed by atoms with Crippen LogP contribution in [0.5, 0.6) is 0 Å². The normalized spacial score (nSPS) is 12.2. The van der Waals surface area contributed by atoms with Crippen molar-refractivity contribution in [3.05, 3.63) is 107 Å². The van der Waals surface area contributed by atoms with Crippen LogP contribution < -0.4 is 0 Å². The molecule has 0 spiro atoms. The predicted molar refractivity (Wildman–Crippen MR) is 195 cm³/mol. The summed E-state index contributed by atoms with van der Waals surface area (Å²) in [4.78, 5) is 0. The van der Waals surface area contributed by atoms with E-state index in [-0.39, 0.29) is 5.41 Å². The summed E-state index contributed by atoms with van der Waals surface area (Å²) in [6.07, 6.45) is 2.43. The van der Waals surface area contributed by atoms with Gasteiger partial charge in [0.1, 0.15) is 0 Å². The van der Waals surface area contributed by atoms with Crippen molar-refractivity contribution in [1.29, 1.82) is 0 Å². The van der Waals surface area contributed by atoms with E-state index < -0.39 is 20.8 Å². The summed E-state index contributed by atoms with van der Waals surface area (Å²) in [5.41, 5.74) is 8.57. The first-order chi connectivity index (χ1) is 20.4. The van der Waals surface area contributed by atoms with E-state index in [1.54, 1.807) is 0 Å². The van der Waals surface area contributed by atoms with Crippen LogP contribution in [0.4, 0.5) is 0 Å². The van der Waals surface area contributed by atoms with Gasteiger partial charge in [0.05, 0.1) is 0 Å². The first-order valence-electron chi connectivity index (χ1n) is 15.5. The molecule has 5 aromatic carbocycles. The van der Waals surface area contributed by atoms with Crippen LogP contribution in [-0.4, -0.2) is 9.52 Å². The van der Waals surface area contributed by atoms with Gasteiger partial charge in [0, 0.05) is 9.52 Å². The molecule has 0 aliphatic carbocycles. The van der Waals surface area contributed by atoms with Crippen LogP contribution in [0.3, 0.4) is 0 Å². The number of halogens is 2. The van der Waals surface area contributed by atoms with Gasteiger partial charge in [-0.1, -0.05) is 129 Å². The van der Waals surface area contributed by atoms with E-state index in [0.29, 0.717) is 11.8 Å². The molecule has 2 atom stereocenters. The van der Waals surface area contributed by atoms with Crippen LogP contribution in [0.25, 0.3) is 32.7 Å². The summed E-state index contributed by atoms with van der Waals surface area (Å²) in [6, 6.07) is 31.6. The Labute approximate surface area is 283 Å². The molecule has 228 valence electrons. The van der Waals surface area contributed by atoms with Gasteiger partial charge in [-0.25, -0.2) is 0 Å². The summed E-state index contributed by atoms with van der Waals surface area (Å²) < 4.78 is 0. The molecule has 4 heteroatoms. The van der Waals surface area contributed by atoms with Crippen LogP contribution in [-0.2, 0) is 26.3 Å². The molecular formula is C39H50Cl2SiZr. The van der Waals surface area contributed by atoms with Crippen molar-refractivity contribution in [1.82, 2.24) is 0 Å². The molecule has 0 aliphatic heterocycles. The monoisotopic (exact) mass is 706 g/mol. The molecule has 0 saturated carbocycles. The maximum absolute atomic E-state index is 4.93. The van der Waals surface area contributed by atoms with Crippen LogP contribution >= 0.6 is 17.0 Å². The van der Waals surface area contributed by atoms with Crippen LogP contribution in [0, 0.1) is 6.92 Å². The second kappa shape index (κ2) is 18.5. The van der Waals surface area contributed by atoms with Crippen molar-refractivity contribution in [3.63, 3.8) is 0 Å². The third kappa shape index (κ3) is 10.8. The minimum atomic E-state index is -0.826. The van der Waals surface area contributed by atoms with E-state index >= 15 is 0 Å². The van der Waals surface area contributed by atoms with Gasteiger partial charge in [-0.2, -0.15) is 12.1 Å². The average molecular weight is 709 g/mol. The standard InChI is InChI=1S/C20H21.C17H23.C2H6Si.2ClH.Zr/c1-14-12-16-6-5-7-18(19(16)13-14)15-8-10-17(11-9-15)20(2,3)4;1-5-12(3)15-10-14-8-7-9-16(13(4)6-2)17(14)11-15;1-3-2;;;/h5-13H,1-4H3;7-13H,5-6H2,1-4H3;1-2H3;2*1H;/q2*-1;;;;+4/p-2. The molecule has 5 rings (SSSR count). The van der Waals surface area contributed by atoms with Crippen molar-refractivity contribution in [2.75, 3.05) is 0 Å². The Morgan fingerprint density at radius 3 is 1.84 bits per heavy atom. The summed E-state index contributed by atoms with van der Waals surface area (Å²) in [5, 5.41) is 5.57. The molecular weight excluding hydrogens is 659 g/mol. The Kier molecular flexibility index (Phi) is 16.2. The van der Waals surface area contributed by atoms with Gasteiger partial charge in [0.15, 0.2) is 0 Å². The second-order valence-electron chi connectivity index (χ2n) is 12.5. The zero-order chi connectivity index (χ0) is 32.2. The number of hydrogen-bond donors (Lipinski definition) is 0. The fraction of sp³-hybridized carbons (Fsp3) is 0.385. The average Bonchev–Trinajstić information content (AvgIpc) is 3.60. The number of aryl methyl sites for hydroxylation is 1. The maximum atomic E-state index is 4.93. The molecule has 0 saturated heterocycles. The van der Waals surface area contributed by atoms with Gasteiger partial charge in [-0.3, -0.25) is 0 Å². The Morgan fingerprint density at radius 1 is 0.767 bits per heavy atom. The molecule has 0 nitrogen and oxygen atoms in total. The van der Waals surface area contributed by atoms with Gasteiger partial charge >= 0.3 is 37.9 Å². The van der Waals surface area contributed by atoms with Gasteiger partial charge in [0.25, 0.3) is 0 Å². The molecule has 0 bridgehead atoms. The molecule has 0 fully saturated rings. The summed E-state index contributed by atoms with van der Waals surface area (Å²) >= 11 is -0.826. The third-order valence-electron chi connectivity index (χ3n) is 8.09. The number of hydrogen-bond acceptors (Lipinski definition) is 0. The number of rotatable bonds is 5. The van der Waals surface area contributed by atoms with Crippen molar-refractivity contribution in [2.45, 2.75) is 98.6 Å². The second-order valence-corrected chi connectivity index (χ2v) is 17.2. The van der Waals surface area contributed by atoms with E-state index in [2.05, 4.69) is 153 Å². The molecule has 0 aromatic heterocycles. The van der Waals surface area contributed by atoms with Crippen molar-refractivity contribution < 1.29 is 20.8 Å². The molecule has 2 radical (unpaired) electrons. The van der Waals surface area contributed by atoms with Crippen molar-refractivity contribution in [2.24, 2.45) is 0 Å². The zero-order valence-corrected chi connectivity index (χ0v) is 32.9. The fourth-order valence-electron chi connectivity index (χ4n) is 5.24. The zero-order valence-electron chi connectivity index (χ0n) is 27.9. The quantitative estimate of drug-likeness (QED) is 0.126. The Morgan fingerprint density at radius 2 is 1.30 bits per heavy atom. The first kappa shape index (κ1) is 37.7. The summed E-state index contributed by atoms with van der Waals surface area (Å²) in [5.74, 6) is 1.33. The number of benzene rings is 3. The summed E-state index contributed by atoms with van der Waals surface area (Å²) in [7, 11) is 11.0. The van der Waals surface area contributed by atoms with Crippen molar-refractivity contribution >= 4 is 48.1 Å². The van der Waals surface area contributed by atoms with E-state index in [4.69, 9.17) is 17.0 Å². The Balaban J connectivity index is 0.000000256. The molecule has 0 heterocycles.